The molecule has 21 heavy (non-hydrogen) atoms. The van der Waals surface area contributed by atoms with Gasteiger partial charge in [-0.2, -0.15) is 0 Å². The van der Waals surface area contributed by atoms with Crippen molar-refractivity contribution in [2.75, 3.05) is 24.8 Å². The molecule has 1 aromatic heterocycles. The molecule has 3 N–H and O–H groups in total. The molecule has 2 rings (SSSR count). The first-order valence-electron chi connectivity index (χ1n) is 6.72. The topological polar surface area (TPSA) is 77.2 Å². The van der Waals surface area contributed by atoms with Crippen LogP contribution in [0, 0.1) is 6.92 Å². The van der Waals surface area contributed by atoms with Gasteiger partial charge in [0, 0.05) is 12.8 Å². The third-order valence-corrected chi connectivity index (χ3v) is 3.19. The maximum absolute atomic E-state index is 12.4. The Kier molecular flexibility index (Phi) is 4.90. The summed E-state index contributed by atoms with van der Waals surface area (Å²) in [7, 11) is 1.66. The smallest absolute Gasteiger partial charge is 0.257 e. The zero-order valence-electron chi connectivity index (χ0n) is 12.2. The first-order valence-corrected chi connectivity index (χ1v) is 6.72. The van der Waals surface area contributed by atoms with E-state index in [4.69, 9.17) is 10.5 Å². The monoisotopic (exact) mass is 285 g/mol. The number of pyridine rings is 1. The van der Waals surface area contributed by atoms with Crippen molar-refractivity contribution in [1.29, 1.82) is 0 Å². The van der Waals surface area contributed by atoms with E-state index in [0.717, 1.165) is 17.7 Å². The molecule has 0 fully saturated rings. The van der Waals surface area contributed by atoms with E-state index in [2.05, 4.69) is 10.3 Å². The highest BCUT2D eigenvalue weighted by Crippen LogP contribution is 2.18. The third kappa shape index (κ3) is 3.79. The van der Waals surface area contributed by atoms with E-state index in [1.165, 1.54) is 0 Å². The maximum Gasteiger partial charge on any atom is 0.257 e. The van der Waals surface area contributed by atoms with E-state index < -0.39 is 0 Å². The Morgan fingerprint density at radius 3 is 2.90 bits per heavy atom. The Morgan fingerprint density at radius 2 is 2.14 bits per heavy atom. The van der Waals surface area contributed by atoms with Gasteiger partial charge < -0.3 is 15.8 Å². The highest BCUT2D eigenvalue weighted by Gasteiger charge is 2.12. The molecule has 1 aromatic carbocycles. The minimum atomic E-state index is -0.211. The number of nitrogens with zero attached hydrogens (tertiary/aromatic N) is 1. The van der Waals surface area contributed by atoms with Crippen LogP contribution in [-0.2, 0) is 11.2 Å². The normalized spacial score (nSPS) is 10.4. The number of hydrogen-bond acceptors (Lipinski definition) is 4. The van der Waals surface area contributed by atoms with E-state index in [1.54, 1.807) is 26.3 Å². The molecule has 5 nitrogen and oxygen atoms in total. The lowest BCUT2D eigenvalue weighted by Gasteiger charge is -2.12. The van der Waals surface area contributed by atoms with Crippen LogP contribution in [0.25, 0.3) is 0 Å². The van der Waals surface area contributed by atoms with Gasteiger partial charge in [0.2, 0.25) is 0 Å². The van der Waals surface area contributed by atoms with Gasteiger partial charge >= 0.3 is 0 Å². The van der Waals surface area contributed by atoms with Crippen LogP contribution in [-0.4, -0.2) is 24.6 Å². The Hall–Kier alpha value is -2.40. The number of benzene rings is 1. The Morgan fingerprint density at radius 1 is 1.38 bits per heavy atom. The summed E-state index contributed by atoms with van der Waals surface area (Å²) in [4.78, 5) is 16.5. The summed E-state index contributed by atoms with van der Waals surface area (Å²) in [5.74, 6) is -0.211. The van der Waals surface area contributed by atoms with Crippen molar-refractivity contribution in [2.45, 2.75) is 13.3 Å². The summed E-state index contributed by atoms with van der Waals surface area (Å²) in [5.41, 5.74) is 9.11. The average molecular weight is 285 g/mol. The number of nitrogens with two attached hydrogens (primary N) is 1. The number of amides is 1. The highest BCUT2D eigenvalue weighted by atomic mass is 16.5. The lowest BCUT2D eigenvalue weighted by Crippen LogP contribution is -2.16. The summed E-state index contributed by atoms with van der Waals surface area (Å²) >= 11 is 0. The molecule has 5 heteroatoms. The van der Waals surface area contributed by atoms with Gasteiger partial charge in [-0.1, -0.05) is 18.2 Å². The van der Waals surface area contributed by atoms with Gasteiger partial charge in [0.25, 0.3) is 5.91 Å². The van der Waals surface area contributed by atoms with Crippen LogP contribution in [0.1, 0.15) is 21.6 Å². The largest absolute Gasteiger partial charge is 0.397 e. The molecule has 110 valence electrons. The van der Waals surface area contributed by atoms with E-state index >= 15 is 0 Å². The predicted molar refractivity (Wildman–Crippen MR) is 83.4 cm³/mol. The van der Waals surface area contributed by atoms with E-state index in [1.807, 2.05) is 24.3 Å². The molecule has 0 unspecified atom stereocenters. The van der Waals surface area contributed by atoms with E-state index in [9.17, 15) is 4.79 Å². The Balaban J connectivity index is 2.21. The molecule has 0 spiro atoms. The molecule has 1 heterocycles. The summed E-state index contributed by atoms with van der Waals surface area (Å²) < 4.78 is 5.09. The first kappa shape index (κ1) is 15.0. The maximum atomic E-state index is 12.4. The second-order valence-electron chi connectivity index (χ2n) is 4.76. The van der Waals surface area contributed by atoms with Crippen molar-refractivity contribution < 1.29 is 9.53 Å². The molecule has 1 amide bonds. The quantitative estimate of drug-likeness (QED) is 0.884. The van der Waals surface area contributed by atoms with Crippen molar-refractivity contribution in [3.05, 3.63) is 53.3 Å². The minimum Gasteiger partial charge on any atom is -0.397 e. The van der Waals surface area contributed by atoms with Crippen molar-refractivity contribution in [3.8, 4) is 0 Å². The summed E-state index contributed by atoms with van der Waals surface area (Å²) in [5, 5.41) is 2.91. The fraction of sp³-hybridized carbons (Fsp3) is 0.250. The van der Waals surface area contributed by atoms with Gasteiger partial charge in [-0.05, 0) is 31.0 Å². The van der Waals surface area contributed by atoms with Crippen molar-refractivity contribution in [1.82, 2.24) is 4.98 Å². The molecule has 2 aromatic rings. The van der Waals surface area contributed by atoms with Crippen LogP contribution in [0.3, 0.4) is 0 Å². The highest BCUT2D eigenvalue weighted by molar-refractivity contribution is 6.05. The molecular formula is C16H19N3O2. The van der Waals surface area contributed by atoms with Crippen molar-refractivity contribution >= 4 is 17.3 Å². The summed E-state index contributed by atoms with van der Waals surface area (Å²) in [6, 6.07) is 9.30. The number of hydrogen-bond donors (Lipinski definition) is 2. The molecule has 0 aliphatic heterocycles. The van der Waals surface area contributed by atoms with Gasteiger partial charge in [0.15, 0.2) is 0 Å². The number of anilines is 2. The van der Waals surface area contributed by atoms with Crippen LogP contribution in [0.5, 0.6) is 0 Å². The van der Waals surface area contributed by atoms with Crippen LogP contribution >= 0.6 is 0 Å². The second-order valence-corrected chi connectivity index (χ2v) is 4.76. The molecule has 0 aliphatic carbocycles. The summed E-state index contributed by atoms with van der Waals surface area (Å²) in [6.45, 7) is 2.39. The molecule has 0 aliphatic rings. The average Bonchev–Trinajstić information content (AvgIpc) is 2.48. The minimum absolute atomic E-state index is 0.211. The van der Waals surface area contributed by atoms with Gasteiger partial charge in [-0.15, -0.1) is 0 Å². The molecule has 0 atom stereocenters. The van der Waals surface area contributed by atoms with Gasteiger partial charge in [0.1, 0.15) is 0 Å². The number of carbonyl (C=O) groups excluding carboxylic acids is 1. The Labute approximate surface area is 124 Å². The number of rotatable bonds is 5. The van der Waals surface area contributed by atoms with Crippen molar-refractivity contribution in [3.63, 3.8) is 0 Å². The van der Waals surface area contributed by atoms with Crippen LogP contribution < -0.4 is 11.1 Å². The number of para-hydroxylation sites is 1. The Bertz CT molecular complexity index is 641. The van der Waals surface area contributed by atoms with Crippen LogP contribution in [0.4, 0.5) is 11.4 Å². The van der Waals surface area contributed by atoms with Crippen LogP contribution in [0.15, 0.2) is 36.5 Å². The standard InChI is InChI=1S/C16H19N3O2/c1-11-14(9-13(17)10-18-11)16(20)19-15-6-4-3-5-12(15)7-8-21-2/h3-6,9-10H,7-8,17H2,1-2H3,(H,19,20). The number of nitrogens with one attached hydrogen (secondary N) is 1. The second kappa shape index (κ2) is 6.85. The fourth-order valence-corrected chi connectivity index (χ4v) is 2.04. The molecular weight excluding hydrogens is 266 g/mol. The molecule has 0 radical (unpaired) electrons. The number of methoxy groups -OCH3 is 1. The molecule has 0 bridgehead atoms. The van der Waals surface area contributed by atoms with E-state index in [0.29, 0.717) is 23.6 Å². The number of nitrogen functional groups attached to an aromatic ring is 1. The SMILES string of the molecule is COCCc1ccccc1NC(=O)c1cc(N)cnc1C. The number of ether oxygens (including phenoxy) is 1. The first-order chi connectivity index (χ1) is 10.1. The fourth-order valence-electron chi connectivity index (χ4n) is 2.04. The van der Waals surface area contributed by atoms with Crippen LogP contribution in [0.2, 0.25) is 0 Å². The lowest BCUT2D eigenvalue weighted by molar-refractivity contribution is 0.102. The van der Waals surface area contributed by atoms with Gasteiger partial charge in [-0.25, -0.2) is 0 Å². The molecule has 0 saturated heterocycles. The van der Waals surface area contributed by atoms with Gasteiger partial charge in [-0.3, -0.25) is 9.78 Å². The third-order valence-electron chi connectivity index (χ3n) is 3.19. The summed E-state index contributed by atoms with van der Waals surface area (Å²) in [6.07, 6.45) is 2.28. The lowest BCUT2D eigenvalue weighted by atomic mass is 10.1. The zero-order valence-corrected chi connectivity index (χ0v) is 12.2. The number of aromatic nitrogens is 1. The number of aryl methyl sites for hydroxylation is 1. The van der Waals surface area contributed by atoms with E-state index in [-0.39, 0.29) is 5.91 Å². The van der Waals surface area contributed by atoms with Gasteiger partial charge in [0.05, 0.1) is 29.7 Å². The molecule has 0 saturated carbocycles. The number of carbonyl (C=O) groups is 1. The predicted octanol–water partition coefficient (Wildman–Crippen LogP) is 2.41. The zero-order chi connectivity index (χ0) is 15.2. The van der Waals surface area contributed by atoms with Crippen molar-refractivity contribution in [2.24, 2.45) is 0 Å².